The van der Waals surface area contributed by atoms with Crippen molar-refractivity contribution in [3.8, 4) is 11.5 Å². The van der Waals surface area contributed by atoms with Crippen molar-refractivity contribution in [2.75, 3.05) is 20.9 Å². The second kappa shape index (κ2) is 4.31. The molecule has 0 bridgehead atoms. The molecule has 0 fully saturated rings. The summed E-state index contributed by atoms with van der Waals surface area (Å²) in [6, 6.07) is 6.25. The number of nitrogens with two attached hydrogens (primary N) is 1. The largest absolute Gasteiger partial charge is 0.454 e. The molecule has 1 heterocycles. The molecule has 1 aliphatic heterocycles. The molecule has 0 radical (unpaired) electrons. The van der Waals surface area contributed by atoms with Gasteiger partial charge in [0.1, 0.15) is 0 Å². The van der Waals surface area contributed by atoms with E-state index < -0.39 is 0 Å². The lowest BCUT2D eigenvalue weighted by molar-refractivity contribution is 0.174. The summed E-state index contributed by atoms with van der Waals surface area (Å²) in [4.78, 5) is 2.11. The summed E-state index contributed by atoms with van der Waals surface area (Å²) < 4.78 is 10.7. The number of benzene rings is 1. The van der Waals surface area contributed by atoms with Crippen LogP contribution in [0.1, 0.15) is 18.5 Å². The average molecular weight is 222 g/mol. The maximum Gasteiger partial charge on any atom is 0.231 e. The van der Waals surface area contributed by atoms with Crippen LogP contribution in [0, 0.1) is 0 Å². The van der Waals surface area contributed by atoms with Crippen molar-refractivity contribution < 1.29 is 9.47 Å². The van der Waals surface area contributed by atoms with Crippen molar-refractivity contribution in [2.45, 2.75) is 19.0 Å². The van der Waals surface area contributed by atoms with E-state index in [0.717, 1.165) is 17.1 Å². The van der Waals surface area contributed by atoms with Gasteiger partial charge >= 0.3 is 0 Å². The molecule has 2 N–H and O–H groups in total. The van der Waals surface area contributed by atoms with Crippen molar-refractivity contribution in [3.63, 3.8) is 0 Å². The fourth-order valence-corrected chi connectivity index (χ4v) is 2.17. The lowest BCUT2D eigenvalue weighted by atomic mass is 9.99. The third-order valence-corrected chi connectivity index (χ3v) is 2.79. The maximum absolute atomic E-state index is 6.00. The van der Waals surface area contributed by atoms with Gasteiger partial charge < -0.3 is 20.1 Å². The maximum atomic E-state index is 6.00. The molecule has 0 aromatic heterocycles. The highest BCUT2D eigenvalue weighted by Crippen LogP contribution is 2.35. The first-order chi connectivity index (χ1) is 7.59. The normalized spacial score (nSPS) is 17.6. The monoisotopic (exact) mass is 222 g/mol. The number of rotatable bonds is 3. The first-order valence-electron chi connectivity index (χ1n) is 5.41. The zero-order valence-corrected chi connectivity index (χ0v) is 9.93. The molecule has 0 spiro atoms. The summed E-state index contributed by atoms with van der Waals surface area (Å²) in [7, 11) is 4.05. The summed E-state index contributed by atoms with van der Waals surface area (Å²) in [5, 5.41) is 0. The molecule has 2 rings (SSSR count). The molecule has 2 unspecified atom stereocenters. The van der Waals surface area contributed by atoms with E-state index in [1.165, 1.54) is 0 Å². The van der Waals surface area contributed by atoms with Gasteiger partial charge in [0.25, 0.3) is 0 Å². The number of ether oxygens (including phenoxy) is 2. The Kier molecular flexibility index (Phi) is 3.03. The van der Waals surface area contributed by atoms with Gasteiger partial charge in [-0.2, -0.15) is 0 Å². The van der Waals surface area contributed by atoms with Crippen LogP contribution in [-0.4, -0.2) is 31.8 Å². The molecule has 1 aromatic carbocycles. The van der Waals surface area contributed by atoms with E-state index >= 15 is 0 Å². The van der Waals surface area contributed by atoms with Crippen molar-refractivity contribution in [1.29, 1.82) is 0 Å². The van der Waals surface area contributed by atoms with E-state index in [-0.39, 0.29) is 12.1 Å². The molecule has 4 nitrogen and oxygen atoms in total. The molecule has 0 amide bonds. The molecule has 0 saturated carbocycles. The fourth-order valence-electron chi connectivity index (χ4n) is 2.17. The van der Waals surface area contributed by atoms with Gasteiger partial charge in [0.15, 0.2) is 11.5 Å². The highest BCUT2D eigenvalue weighted by Gasteiger charge is 2.21. The van der Waals surface area contributed by atoms with Gasteiger partial charge in [0.05, 0.1) is 0 Å². The quantitative estimate of drug-likeness (QED) is 0.839. The zero-order valence-electron chi connectivity index (χ0n) is 9.93. The minimum absolute atomic E-state index is 0.0652. The van der Waals surface area contributed by atoms with Crippen LogP contribution in [-0.2, 0) is 0 Å². The van der Waals surface area contributed by atoms with Crippen LogP contribution in [0.4, 0.5) is 0 Å². The molecular weight excluding hydrogens is 204 g/mol. The van der Waals surface area contributed by atoms with Crippen molar-refractivity contribution in [3.05, 3.63) is 23.8 Å². The van der Waals surface area contributed by atoms with Gasteiger partial charge in [-0.25, -0.2) is 0 Å². The summed E-state index contributed by atoms with van der Waals surface area (Å²) in [5.41, 5.74) is 7.16. The molecule has 16 heavy (non-hydrogen) atoms. The number of hydrogen-bond donors (Lipinski definition) is 1. The first-order valence-corrected chi connectivity index (χ1v) is 5.41. The van der Waals surface area contributed by atoms with Crippen LogP contribution < -0.4 is 15.2 Å². The van der Waals surface area contributed by atoms with E-state index in [4.69, 9.17) is 15.2 Å². The Bertz CT molecular complexity index is 369. The summed E-state index contributed by atoms with van der Waals surface area (Å²) >= 11 is 0. The second-order valence-electron chi connectivity index (χ2n) is 4.38. The van der Waals surface area contributed by atoms with Crippen LogP contribution in [0.25, 0.3) is 0 Å². The van der Waals surface area contributed by atoms with Crippen LogP contribution in [0.15, 0.2) is 18.2 Å². The van der Waals surface area contributed by atoms with Gasteiger partial charge in [0.2, 0.25) is 6.79 Å². The van der Waals surface area contributed by atoms with Gasteiger partial charge in [0, 0.05) is 12.1 Å². The topological polar surface area (TPSA) is 47.7 Å². The van der Waals surface area contributed by atoms with Crippen molar-refractivity contribution >= 4 is 0 Å². The molecular formula is C12H18N2O2. The Labute approximate surface area is 95.9 Å². The fraction of sp³-hybridized carbons (Fsp3) is 0.500. The van der Waals surface area contributed by atoms with Gasteiger partial charge in [-0.1, -0.05) is 6.07 Å². The summed E-state index contributed by atoms with van der Waals surface area (Å²) in [6.07, 6.45) is 0. The summed E-state index contributed by atoms with van der Waals surface area (Å²) in [6.45, 7) is 2.32. The molecule has 1 aromatic rings. The molecule has 0 saturated heterocycles. The third kappa shape index (κ3) is 1.99. The smallest absolute Gasteiger partial charge is 0.231 e. The van der Waals surface area contributed by atoms with Crippen LogP contribution in [0.5, 0.6) is 11.5 Å². The van der Waals surface area contributed by atoms with Gasteiger partial charge in [-0.15, -0.1) is 0 Å². The molecule has 1 aliphatic rings. The highest BCUT2D eigenvalue weighted by molar-refractivity contribution is 5.45. The van der Waals surface area contributed by atoms with Crippen molar-refractivity contribution in [2.24, 2.45) is 5.73 Å². The Morgan fingerprint density at radius 2 is 1.94 bits per heavy atom. The van der Waals surface area contributed by atoms with E-state index in [1.807, 2.05) is 39.2 Å². The Balaban J connectivity index is 2.32. The SMILES string of the molecule is CC(N)C(c1ccc2c(c1)OCO2)N(C)C. The lowest BCUT2D eigenvalue weighted by Gasteiger charge is -2.28. The number of likely N-dealkylation sites (N-methyl/N-ethyl adjacent to an activating group) is 1. The van der Waals surface area contributed by atoms with Crippen LogP contribution in [0.3, 0.4) is 0 Å². The number of nitrogens with zero attached hydrogens (tertiary/aromatic N) is 1. The lowest BCUT2D eigenvalue weighted by Crippen LogP contribution is -2.34. The average Bonchev–Trinajstić information content (AvgIpc) is 2.63. The summed E-state index contributed by atoms with van der Waals surface area (Å²) in [5.74, 6) is 1.62. The van der Waals surface area contributed by atoms with E-state index in [1.54, 1.807) is 0 Å². The number of hydrogen-bond acceptors (Lipinski definition) is 4. The Morgan fingerprint density at radius 3 is 2.56 bits per heavy atom. The van der Waals surface area contributed by atoms with Crippen molar-refractivity contribution in [1.82, 2.24) is 4.90 Å². The molecule has 0 aliphatic carbocycles. The predicted molar refractivity (Wildman–Crippen MR) is 62.6 cm³/mol. The van der Waals surface area contributed by atoms with Crippen LogP contribution in [0.2, 0.25) is 0 Å². The van der Waals surface area contributed by atoms with Crippen LogP contribution >= 0.6 is 0 Å². The Hall–Kier alpha value is -1.26. The number of fused-ring (bicyclic) bond motifs is 1. The molecule has 2 atom stereocenters. The van der Waals surface area contributed by atoms with Gasteiger partial charge in [-0.3, -0.25) is 0 Å². The van der Waals surface area contributed by atoms with Gasteiger partial charge in [-0.05, 0) is 38.7 Å². The highest BCUT2D eigenvalue weighted by atomic mass is 16.7. The minimum atomic E-state index is 0.0652. The third-order valence-electron chi connectivity index (χ3n) is 2.79. The van der Waals surface area contributed by atoms with E-state index in [2.05, 4.69) is 4.90 Å². The first kappa shape index (κ1) is 11.2. The van der Waals surface area contributed by atoms with E-state index in [9.17, 15) is 0 Å². The molecule has 88 valence electrons. The minimum Gasteiger partial charge on any atom is -0.454 e. The van der Waals surface area contributed by atoms with E-state index in [0.29, 0.717) is 6.79 Å². The second-order valence-corrected chi connectivity index (χ2v) is 4.38. The predicted octanol–water partition coefficient (Wildman–Crippen LogP) is 1.37. The zero-order chi connectivity index (χ0) is 11.7. The standard InChI is InChI=1S/C12H18N2O2/c1-8(13)12(14(2)3)9-4-5-10-11(6-9)16-7-15-10/h4-6,8,12H,7,13H2,1-3H3. The Morgan fingerprint density at radius 1 is 1.25 bits per heavy atom. The molecule has 4 heteroatoms.